The van der Waals surface area contributed by atoms with E-state index in [4.69, 9.17) is 4.74 Å². The number of imidazole rings is 1. The second kappa shape index (κ2) is 7.92. The molecule has 0 saturated carbocycles. The van der Waals surface area contributed by atoms with Crippen LogP contribution < -0.4 is 10.4 Å². The van der Waals surface area contributed by atoms with E-state index >= 15 is 0 Å². The number of hydrogen-bond acceptors (Lipinski definition) is 8. The Morgan fingerprint density at radius 3 is 2.69 bits per heavy atom. The first-order valence-electron chi connectivity index (χ1n) is 9.12. The fourth-order valence-electron chi connectivity index (χ4n) is 3.36. The molecule has 1 aliphatic heterocycles. The highest BCUT2D eigenvalue weighted by Gasteiger charge is 2.23. The minimum absolute atomic E-state index is 0.133. The molecule has 9 nitrogen and oxygen atoms in total. The second-order valence-electron chi connectivity index (χ2n) is 6.64. The topological polar surface area (TPSA) is 118 Å². The molecule has 0 bridgehead atoms. The van der Waals surface area contributed by atoms with Crippen LogP contribution in [0.25, 0.3) is 11.4 Å². The van der Waals surface area contributed by atoms with E-state index < -0.39 is 11.8 Å². The molecule has 0 unspecified atom stereocenters. The molecule has 1 N–H and O–H groups in total. The van der Waals surface area contributed by atoms with Gasteiger partial charge in [-0.2, -0.15) is 0 Å². The van der Waals surface area contributed by atoms with E-state index in [9.17, 15) is 14.3 Å². The summed E-state index contributed by atoms with van der Waals surface area (Å²) in [5.41, 5.74) is 0.977. The van der Waals surface area contributed by atoms with Crippen LogP contribution in [0.15, 0.2) is 30.7 Å². The SMILES string of the molecule is Cc1ncc(-c2nc(Nc3ccc(C(=O)[O-])nc3)ncc2F)n1C1CCOCC1. The summed E-state index contributed by atoms with van der Waals surface area (Å²) in [6, 6.07) is 2.96. The van der Waals surface area contributed by atoms with Gasteiger partial charge in [0.25, 0.3) is 0 Å². The molecule has 0 aliphatic carbocycles. The van der Waals surface area contributed by atoms with Crippen molar-refractivity contribution in [1.29, 1.82) is 0 Å². The van der Waals surface area contributed by atoms with Gasteiger partial charge in [0.1, 0.15) is 11.5 Å². The van der Waals surface area contributed by atoms with Crippen molar-refractivity contribution in [1.82, 2.24) is 24.5 Å². The van der Waals surface area contributed by atoms with Gasteiger partial charge in [0.05, 0.1) is 41.6 Å². The van der Waals surface area contributed by atoms with Gasteiger partial charge < -0.3 is 24.5 Å². The molecule has 0 amide bonds. The molecule has 150 valence electrons. The first-order valence-corrected chi connectivity index (χ1v) is 9.12. The maximum atomic E-state index is 14.6. The highest BCUT2D eigenvalue weighted by atomic mass is 19.1. The minimum atomic E-state index is -1.37. The highest BCUT2D eigenvalue weighted by molar-refractivity contribution is 5.83. The minimum Gasteiger partial charge on any atom is -0.543 e. The Morgan fingerprint density at radius 1 is 1.21 bits per heavy atom. The summed E-state index contributed by atoms with van der Waals surface area (Å²) in [4.78, 5) is 27.2. The Morgan fingerprint density at radius 2 is 2.00 bits per heavy atom. The van der Waals surface area contributed by atoms with Crippen LogP contribution in [0.4, 0.5) is 16.0 Å². The molecule has 4 heterocycles. The van der Waals surface area contributed by atoms with E-state index in [2.05, 4.69) is 25.3 Å². The van der Waals surface area contributed by atoms with Gasteiger partial charge in [-0.3, -0.25) is 4.98 Å². The van der Waals surface area contributed by atoms with E-state index in [0.29, 0.717) is 24.6 Å². The number of nitrogens with one attached hydrogen (secondary N) is 1. The molecule has 4 rings (SSSR count). The number of carboxylic acid groups (broad SMARTS) is 1. The molecular formula is C19H18FN6O3-. The number of carbonyl (C=O) groups excluding carboxylic acids is 1. The Hall–Kier alpha value is -3.40. The molecule has 10 heteroatoms. The highest BCUT2D eigenvalue weighted by Crippen LogP contribution is 2.30. The number of pyridine rings is 1. The summed E-state index contributed by atoms with van der Waals surface area (Å²) in [6.07, 6.45) is 5.64. The smallest absolute Gasteiger partial charge is 0.228 e. The average molecular weight is 397 g/mol. The molecule has 29 heavy (non-hydrogen) atoms. The van der Waals surface area contributed by atoms with Gasteiger partial charge in [0.2, 0.25) is 5.95 Å². The number of anilines is 2. The van der Waals surface area contributed by atoms with Crippen molar-refractivity contribution in [2.75, 3.05) is 18.5 Å². The van der Waals surface area contributed by atoms with Crippen LogP contribution in [-0.2, 0) is 4.74 Å². The molecule has 3 aromatic rings. The van der Waals surface area contributed by atoms with E-state index in [1.165, 1.54) is 18.3 Å². The zero-order valence-corrected chi connectivity index (χ0v) is 15.6. The largest absolute Gasteiger partial charge is 0.543 e. The number of halogens is 1. The van der Waals surface area contributed by atoms with Crippen molar-refractivity contribution in [3.63, 3.8) is 0 Å². The fourth-order valence-corrected chi connectivity index (χ4v) is 3.36. The summed E-state index contributed by atoms with van der Waals surface area (Å²) < 4.78 is 22.0. The number of hydrogen-bond donors (Lipinski definition) is 1. The van der Waals surface area contributed by atoms with Gasteiger partial charge in [-0.15, -0.1) is 0 Å². The molecule has 1 aliphatic rings. The molecular weight excluding hydrogens is 379 g/mol. The molecule has 1 saturated heterocycles. The fraction of sp³-hybridized carbons (Fsp3) is 0.316. The maximum Gasteiger partial charge on any atom is 0.228 e. The van der Waals surface area contributed by atoms with Gasteiger partial charge in [0, 0.05) is 19.3 Å². The van der Waals surface area contributed by atoms with Gasteiger partial charge in [0.15, 0.2) is 5.82 Å². The third kappa shape index (κ3) is 3.92. The average Bonchev–Trinajstić information content (AvgIpc) is 3.11. The van der Waals surface area contributed by atoms with E-state index in [-0.39, 0.29) is 23.4 Å². The van der Waals surface area contributed by atoms with Crippen molar-refractivity contribution in [2.24, 2.45) is 0 Å². The van der Waals surface area contributed by atoms with Crippen LogP contribution in [0, 0.1) is 12.7 Å². The number of carboxylic acids is 1. The summed E-state index contributed by atoms with van der Waals surface area (Å²) in [5, 5.41) is 13.7. The lowest BCUT2D eigenvalue weighted by Crippen LogP contribution is -2.23. The Kier molecular flexibility index (Phi) is 5.17. The summed E-state index contributed by atoms with van der Waals surface area (Å²) >= 11 is 0. The third-order valence-electron chi connectivity index (χ3n) is 4.75. The molecule has 0 spiro atoms. The first kappa shape index (κ1) is 18.9. The summed E-state index contributed by atoms with van der Waals surface area (Å²) in [5.74, 6) is -0.994. The molecule has 0 radical (unpaired) electrons. The zero-order chi connectivity index (χ0) is 20.4. The quantitative estimate of drug-likeness (QED) is 0.690. The van der Waals surface area contributed by atoms with E-state index in [1.807, 2.05) is 11.5 Å². The standard InChI is InChI=1S/C19H19FN6O3/c1-11-21-10-16(26(11)13-4-6-29-7-5-13)17-14(20)9-23-19(25-17)24-12-2-3-15(18(27)28)22-8-12/h2-3,8-10,13H,4-7H2,1H3,(H,27,28)(H,23,24,25)/p-1. The molecule has 0 aromatic carbocycles. The van der Waals surface area contributed by atoms with Crippen LogP contribution in [-0.4, -0.2) is 43.7 Å². The predicted octanol–water partition coefficient (Wildman–Crippen LogP) is 1.64. The number of ether oxygens (including phenoxy) is 1. The van der Waals surface area contributed by atoms with Crippen LogP contribution in [0.5, 0.6) is 0 Å². The lowest BCUT2D eigenvalue weighted by atomic mass is 10.1. The summed E-state index contributed by atoms with van der Waals surface area (Å²) in [7, 11) is 0. The lowest BCUT2D eigenvalue weighted by Gasteiger charge is -2.26. The Balaban J connectivity index is 1.65. The van der Waals surface area contributed by atoms with Crippen molar-refractivity contribution in [2.45, 2.75) is 25.8 Å². The van der Waals surface area contributed by atoms with Crippen LogP contribution in [0.1, 0.15) is 35.2 Å². The lowest BCUT2D eigenvalue weighted by molar-refractivity contribution is -0.255. The molecule has 0 atom stereocenters. The monoisotopic (exact) mass is 397 g/mol. The molecule has 3 aromatic heterocycles. The van der Waals surface area contributed by atoms with E-state index in [1.54, 1.807) is 6.20 Å². The zero-order valence-electron chi connectivity index (χ0n) is 15.6. The van der Waals surface area contributed by atoms with Crippen LogP contribution >= 0.6 is 0 Å². The number of rotatable bonds is 5. The Bertz CT molecular complexity index is 1030. The number of aryl methyl sites for hydroxylation is 1. The molecule has 1 fully saturated rings. The number of aromatic nitrogens is 5. The number of nitrogens with zero attached hydrogens (tertiary/aromatic N) is 5. The van der Waals surface area contributed by atoms with Crippen molar-refractivity contribution < 1.29 is 19.0 Å². The van der Waals surface area contributed by atoms with Crippen LogP contribution in [0.3, 0.4) is 0 Å². The first-order chi connectivity index (χ1) is 14.0. The van der Waals surface area contributed by atoms with Gasteiger partial charge in [-0.1, -0.05) is 0 Å². The van der Waals surface area contributed by atoms with Gasteiger partial charge >= 0.3 is 0 Å². The Labute approximate surface area is 165 Å². The van der Waals surface area contributed by atoms with Crippen LogP contribution in [0.2, 0.25) is 0 Å². The summed E-state index contributed by atoms with van der Waals surface area (Å²) in [6.45, 7) is 3.17. The van der Waals surface area contributed by atoms with Crippen molar-refractivity contribution in [3.8, 4) is 11.4 Å². The number of carbonyl (C=O) groups is 1. The van der Waals surface area contributed by atoms with Crippen molar-refractivity contribution >= 4 is 17.6 Å². The van der Waals surface area contributed by atoms with E-state index in [0.717, 1.165) is 24.9 Å². The van der Waals surface area contributed by atoms with Gasteiger partial charge in [-0.05, 0) is 31.9 Å². The number of aromatic carboxylic acids is 1. The van der Waals surface area contributed by atoms with Gasteiger partial charge in [-0.25, -0.2) is 19.3 Å². The van der Waals surface area contributed by atoms with Crippen molar-refractivity contribution in [3.05, 3.63) is 48.1 Å². The normalized spacial score (nSPS) is 14.7. The maximum absolute atomic E-state index is 14.6. The third-order valence-corrected chi connectivity index (χ3v) is 4.75. The predicted molar refractivity (Wildman–Crippen MR) is 98.9 cm³/mol. The second-order valence-corrected chi connectivity index (χ2v) is 6.64.